The van der Waals surface area contributed by atoms with Crippen molar-refractivity contribution in [3.8, 4) is 22.9 Å². The summed E-state index contributed by atoms with van der Waals surface area (Å²) >= 11 is 0. The molecule has 19 heavy (non-hydrogen) atoms. The minimum absolute atomic E-state index is 0.0473. The Bertz CT molecular complexity index is 556. The number of benzene rings is 1. The molecule has 0 radical (unpaired) electrons. The minimum Gasteiger partial charge on any atom is -0.504 e. The fourth-order valence-electron chi connectivity index (χ4n) is 1.57. The van der Waals surface area contributed by atoms with Crippen LogP contribution in [0.25, 0.3) is 11.4 Å². The second-order valence-corrected chi connectivity index (χ2v) is 3.90. The number of hydrogen-bond donors (Lipinski definition) is 2. The Balaban J connectivity index is 2.27. The fourth-order valence-corrected chi connectivity index (χ4v) is 1.57. The highest BCUT2D eigenvalue weighted by molar-refractivity contribution is 5.60. The van der Waals surface area contributed by atoms with Crippen molar-refractivity contribution in [2.45, 2.75) is 6.04 Å². The van der Waals surface area contributed by atoms with Crippen LogP contribution in [0, 0.1) is 0 Å². The third-order valence-electron chi connectivity index (χ3n) is 2.54. The summed E-state index contributed by atoms with van der Waals surface area (Å²) in [5.41, 5.74) is 6.45. The van der Waals surface area contributed by atoms with E-state index in [9.17, 15) is 5.11 Å². The zero-order valence-electron chi connectivity index (χ0n) is 10.7. The van der Waals surface area contributed by atoms with Gasteiger partial charge in [-0.1, -0.05) is 5.16 Å². The molecule has 1 aromatic heterocycles. The van der Waals surface area contributed by atoms with E-state index in [-0.39, 0.29) is 5.75 Å². The second kappa shape index (κ2) is 5.68. The van der Waals surface area contributed by atoms with Crippen molar-refractivity contribution in [1.82, 2.24) is 10.1 Å². The highest BCUT2D eigenvalue weighted by Crippen LogP contribution is 2.30. The number of methoxy groups -OCH3 is 2. The van der Waals surface area contributed by atoms with E-state index < -0.39 is 6.04 Å². The van der Waals surface area contributed by atoms with Gasteiger partial charge < -0.3 is 24.8 Å². The molecule has 0 aliphatic heterocycles. The summed E-state index contributed by atoms with van der Waals surface area (Å²) in [5, 5.41) is 13.4. The van der Waals surface area contributed by atoms with Gasteiger partial charge in [-0.3, -0.25) is 0 Å². The molecule has 0 aliphatic carbocycles. The molecule has 7 nitrogen and oxygen atoms in total. The Kier molecular flexibility index (Phi) is 3.98. The van der Waals surface area contributed by atoms with Crippen LogP contribution in [-0.2, 0) is 4.74 Å². The number of nitrogens with zero attached hydrogens (tertiary/aromatic N) is 2. The van der Waals surface area contributed by atoms with Gasteiger partial charge >= 0.3 is 0 Å². The quantitative estimate of drug-likeness (QED) is 0.834. The number of aromatic nitrogens is 2. The van der Waals surface area contributed by atoms with Crippen molar-refractivity contribution < 1.29 is 19.1 Å². The van der Waals surface area contributed by atoms with Crippen LogP contribution in [0.5, 0.6) is 11.5 Å². The van der Waals surface area contributed by atoms with Crippen molar-refractivity contribution in [3.05, 3.63) is 24.1 Å². The molecule has 0 bridgehead atoms. The van der Waals surface area contributed by atoms with E-state index in [0.29, 0.717) is 29.6 Å². The maximum Gasteiger partial charge on any atom is 0.246 e. The molecule has 1 aromatic carbocycles. The van der Waals surface area contributed by atoms with E-state index in [4.69, 9.17) is 19.7 Å². The van der Waals surface area contributed by atoms with Gasteiger partial charge in [-0.2, -0.15) is 4.98 Å². The highest BCUT2D eigenvalue weighted by Gasteiger charge is 2.16. The zero-order chi connectivity index (χ0) is 13.8. The molecule has 0 saturated heterocycles. The first-order valence-electron chi connectivity index (χ1n) is 5.61. The summed E-state index contributed by atoms with van der Waals surface area (Å²) in [7, 11) is 3.01. The third kappa shape index (κ3) is 2.83. The Morgan fingerprint density at radius 3 is 2.89 bits per heavy atom. The van der Waals surface area contributed by atoms with Crippen molar-refractivity contribution in [3.63, 3.8) is 0 Å². The molecule has 1 atom stereocenters. The number of nitrogens with two attached hydrogens (primary N) is 1. The van der Waals surface area contributed by atoms with Crippen molar-refractivity contribution in [2.24, 2.45) is 5.73 Å². The molecule has 7 heteroatoms. The molecule has 0 amide bonds. The molecule has 0 aliphatic rings. The summed E-state index contributed by atoms with van der Waals surface area (Å²) in [5.74, 6) is 1.06. The number of hydrogen-bond acceptors (Lipinski definition) is 7. The molecule has 0 saturated carbocycles. The number of phenols is 1. The van der Waals surface area contributed by atoms with E-state index in [0.717, 1.165) is 0 Å². The summed E-state index contributed by atoms with van der Waals surface area (Å²) in [6, 6.07) is 4.31. The topological polar surface area (TPSA) is 104 Å². The minimum atomic E-state index is -0.467. The van der Waals surface area contributed by atoms with Gasteiger partial charge in [-0.15, -0.1) is 0 Å². The van der Waals surface area contributed by atoms with Gasteiger partial charge in [0.1, 0.15) is 6.04 Å². The van der Waals surface area contributed by atoms with Crippen LogP contribution in [0.1, 0.15) is 11.9 Å². The molecule has 3 N–H and O–H groups in total. The summed E-state index contributed by atoms with van der Waals surface area (Å²) in [6.45, 7) is 0.292. The number of aromatic hydroxyl groups is 1. The Hall–Kier alpha value is -2.12. The van der Waals surface area contributed by atoms with Crippen LogP contribution < -0.4 is 10.5 Å². The maximum absolute atomic E-state index is 9.52. The van der Waals surface area contributed by atoms with Gasteiger partial charge in [0, 0.05) is 12.7 Å². The van der Waals surface area contributed by atoms with E-state index in [2.05, 4.69) is 10.1 Å². The largest absolute Gasteiger partial charge is 0.504 e. The first-order valence-corrected chi connectivity index (χ1v) is 5.61. The van der Waals surface area contributed by atoms with Gasteiger partial charge in [0.15, 0.2) is 11.5 Å². The van der Waals surface area contributed by atoms with Crippen LogP contribution in [0.2, 0.25) is 0 Å². The van der Waals surface area contributed by atoms with Gasteiger partial charge in [0.2, 0.25) is 11.7 Å². The molecule has 102 valence electrons. The predicted octanol–water partition coefficient (Wildman–Crippen LogP) is 1.10. The smallest absolute Gasteiger partial charge is 0.246 e. The zero-order valence-corrected chi connectivity index (χ0v) is 10.7. The average Bonchev–Trinajstić information content (AvgIpc) is 2.89. The first-order chi connectivity index (χ1) is 9.15. The monoisotopic (exact) mass is 265 g/mol. The number of phenolic OH excluding ortho intramolecular Hbond substituents is 1. The van der Waals surface area contributed by atoms with Crippen LogP contribution in [0.3, 0.4) is 0 Å². The van der Waals surface area contributed by atoms with Crippen LogP contribution in [-0.4, -0.2) is 36.1 Å². The Morgan fingerprint density at radius 2 is 2.21 bits per heavy atom. The van der Waals surface area contributed by atoms with E-state index >= 15 is 0 Å². The molecule has 2 rings (SSSR count). The lowest BCUT2D eigenvalue weighted by atomic mass is 10.2. The van der Waals surface area contributed by atoms with Crippen molar-refractivity contribution in [1.29, 1.82) is 0 Å². The van der Waals surface area contributed by atoms with Gasteiger partial charge in [0.05, 0.1) is 13.7 Å². The molecule has 1 heterocycles. The lowest BCUT2D eigenvalue weighted by molar-refractivity contribution is 0.166. The molecule has 1 unspecified atom stereocenters. The normalized spacial score (nSPS) is 12.4. The lowest BCUT2D eigenvalue weighted by Crippen LogP contribution is -2.16. The molecule has 2 aromatic rings. The summed E-state index contributed by atoms with van der Waals surface area (Å²) in [6.07, 6.45) is 0. The Morgan fingerprint density at radius 1 is 1.42 bits per heavy atom. The predicted molar refractivity (Wildman–Crippen MR) is 66.8 cm³/mol. The number of ether oxygens (including phenoxy) is 2. The van der Waals surface area contributed by atoms with Crippen LogP contribution >= 0.6 is 0 Å². The SMILES string of the molecule is COCC(N)c1nc(-c2ccc(O)c(OC)c2)no1. The summed E-state index contributed by atoms with van der Waals surface area (Å²) < 4.78 is 15.0. The van der Waals surface area contributed by atoms with E-state index in [1.54, 1.807) is 19.2 Å². The molecular weight excluding hydrogens is 250 g/mol. The Labute approximate surface area is 109 Å². The molecule has 0 fully saturated rings. The standard InChI is InChI=1S/C12H15N3O4/c1-17-6-8(13)12-14-11(15-19-12)7-3-4-9(16)10(5-7)18-2/h3-5,8,16H,6,13H2,1-2H3. The number of rotatable bonds is 5. The van der Waals surface area contributed by atoms with Crippen LogP contribution in [0.4, 0.5) is 0 Å². The molecular formula is C12H15N3O4. The first kappa shape index (κ1) is 13.3. The lowest BCUT2D eigenvalue weighted by Gasteiger charge is -2.04. The summed E-state index contributed by atoms with van der Waals surface area (Å²) in [4.78, 5) is 4.18. The fraction of sp³-hybridized carbons (Fsp3) is 0.333. The highest BCUT2D eigenvalue weighted by atomic mass is 16.5. The van der Waals surface area contributed by atoms with Gasteiger partial charge in [-0.25, -0.2) is 0 Å². The van der Waals surface area contributed by atoms with E-state index in [1.807, 2.05) is 0 Å². The second-order valence-electron chi connectivity index (χ2n) is 3.90. The van der Waals surface area contributed by atoms with Gasteiger partial charge in [0.25, 0.3) is 0 Å². The van der Waals surface area contributed by atoms with Crippen molar-refractivity contribution in [2.75, 3.05) is 20.8 Å². The van der Waals surface area contributed by atoms with E-state index in [1.165, 1.54) is 13.2 Å². The van der Waals surface area contributed by atoms with Crippen molar-refractivity contribution >= 4 is 0 Å². The maximum atomic E-state index is 9.52. The molecule has 0 spiro atoms. The average molecular weight is 265 g/mol. The van der Waals surface area contributed by atoms with Crippen LogP contribution in [0.15, 0.2) is 22.7 Å². The van der Waals surface area contributed by atoms with Gasteiger partial charge in [-0.05, 0) is 18.2 Å². The third-order valence-corrected chi connectivity index (χ3v) is 2.54.